The fourth-order valence-corrected chi connectivity index (χ4v) is 27.7. The summed E-state index contributed by atoms with van der Waals surface area (Å²) in [7, 11) is 0. The van der Waals surface area contributed by atoms with Crippen molar-refractivity contribution in [2.45, 2.75) is 89.9 Å². The molecule has 8 aromatic carbocycles. The number of halogens is 20. The second-order valence-electron chi connectivity index (χ2n) is 28.9. The van der Waals surface area contributed by atoms with Crippen LogP contribution in [0.15, 0.2) is 127 Å². The van der Waals surface area contributed by atoms with E-state index in [0.29, 0.717) is 97.3 Å². The molecule has 8 aliphatic heterocycles. The maximum absolute atomic E-state index is 12.4. The highest BCUT2D eigenvalue weighted by molar-refractivity contribution is 14.1. The lowest BCUT2D eigenvalue weighted by Crippen LogP contribution is -2.33. The Bertz CT molecular complexity index is 6650. The normalized spacial score (nSPS) is 14.9. The smallest absolute Gasteiger partial charge is 0.368 e. The van der Waals surface area contributed by atoms with Gasteiger partial charge in [0.15, 0.2) is 0 Å². The van der Waals surface area contributed by atoms with Gasteiger partial charge in [-0.1, -0.05) is 23.3 Å². The van der Waals surface area contributed by atoms with Crippen molar-refractivity contribution in [2.75, 3.05) is 0 Å². The number of hydrogen-bond donors (Lipinski definition) is 1. The lowest BCUT2D eigenvalue weighted by Gasteiger charge is -2.16. The Hall–Kier alpha value is -3.22. The maximum Gasteiger partial charge on any atom is 0.368 e. The molecule has 16 amide bonds. The molecule has 0 aromatic heterocycles. The van der Waals surface area contributed by atoms with Crippen molar-refractivity contribution in [1.29, 1.82) is 0 Å². The second kappa shape index (κ2) is 60.3. The van der Waals surface area contributed by atoms with E-state index in [1.54, 1.807) is 91.0 Å². The Morgan fingerprint density at radius 2 is 0.456 bits per heavy atom. The summed E-state index contributed by atoms with van der Waals surface area (Å²) in [6.07, 6.45) is 3.27. The molecule has 16 rings (SSSR count). The highest BCUT2D eigenvalue weighted by atomic mass is 127. The van der Waals surface area contributed by atoms with Crippen molar-refractivity contribution in [1.82, 2.24) is 40.5 Å². The van der Waals surface area contributed by atoms with Crippen molar-refractivity contribution in [3.8, 4) is 5.75 Å². The Labute approximate surface area is 1110 Å². The Morgan fingerprint density at radius 3 is 0.785 bits per heavy atom. The van der Waals surface area contributed by atoms with Gasteiger partial charge in [0.25, 0.3) is 94.5 Å². The molecule has 0 atom stereocenters. The summed E-state index contributed by atoms with van der Waals surface area (Å²) in [4.78, 5) is 316. The van der Waals surface area contributed by atoms with Gasteiger partial charge < -0.3 is 43.8 Å². The first kappa shape index (κ1) is 129. The summed E-state index contributed by atoms with van der Waals surface area (Å²) < 4.78 is 16.0. The van der Waals surface area contributed by atoms with Gasteiger partial charge in [-0.25, -0.2) is 38.4 Å². The third kappa shape index (κ3) is 34.9. The van der Waals surface area contributed by atoms with Crippen LogP contribution in [0.1, 0.15) is 173 Å². The third-order valence-electron chi connectivity index (χ3n) is 18.9. The standard InChI is InChI=1S/C11H4I5NO4.C11H5I4NO4.C11H6I3NO4.C11H4I3NO4.C11H7I2NO5.3C11H8INO4/c12-6-5(7(13)9(15)10(16)8(6)14)11(20)21-17-3(18)1-2-4(17)19;12-4-3-5(13)10(15)8(9(4)14)11(19)20-16-6(17)1-2-7(16)18;2*12-5-1-2-6(13)10(14)9(5)11(18)19-15-7(16)3-4-8(15)17;12-5-1-2-6(13)10(17)9(5)11(18)19-14-7(15)3-4-8(14)16;12-8-3-1-7(2-4-8)11(16)17-13-9(14)5-6-10(13)15;12-8-3-1-2-7(6-8)11(16)17-13-9(14)4-5-10(13)15;12-8-4-2-1-3-7(8)11(16)17-13-9(14)5-6-10(13)15/h1-2H2;3H,1-2H2;1-2H,3-4H2;1-4H;1-2,17H,3-4H2;1-4H,5-6H2;1-3,6H,4-5H2;1-4H,5-6H2. The average molecular weight is 4290 g/mol. The number of phenols is 1. The largest absolute Gasteiger partial charge is 0.506 e. The molecular formula is C88H50I20N8O33. The van der Waals surface area contributed by atoms with Crippen LogP contribution in [-0.2, 0) is 115 Å². The second-order valence-corrected chi connectivity index (χ2v) is 51.5. The fraction of sp³-hybridized carbons (Fsp3) is 0.159. The van der Waals surface area contributed by atoms with Crippen LogP contribution in [0.2, 0.25) is 0 Å². The van der Waals surface area contributed by atoms with E-state index in [1.165, 1.54) is 0 Å². The molecule has 0 unspecified atom stereocenters. The van der Waals surface area contributed by atoms with Gasteiger partial charge in [0.2, 0.25) is 0 Å². The van der Waals surface area contributed by atoms with Crippen molar-refractivity contribution in [2.24, 2.45) is 0 Å². The summed E-state index contributed by atoms with van der Waals surface area (Å²) in [5.74, 6) is -14.2. The zero-order valence-corrected chi connectivity index (χ0v) is 116. The molecule has 0 saturated carbocycles. The molecule has 8 aromatic rings. The van der Waals surface area contributed by atoms with Gasteiger partial charge in [-0.15, -0.1) is 35.4 Å². The molecule has 780 valence electrons. The first-order valence-corrected chi connectivity index (χ1v) is 62.0. The quantitative estimate of drug-likeness (QED) is 0.0406. The van der Waals surface area contributed by atoms with Gasteiger partial charge in [-0.2, -0.15) is 0 Å². The summed E-state index contributed by atoms with van der Waals surface area (Å²) in [6, 6.07) is 32.7. The van der Waals surface area contributed by atoms with Gasteiger partial charge in [0.1, 0.15) is 11.3 Å². The van der Waals surface area contributed by atoms with Crippen LogP contribution < -0.4 is 0 Å². The van der Waals surface area contributed by atoms with Crippen molar-refractivity contribution < 1.29 is 159 Å². The SMILES string of the molecule is O=C(ON1C(=O)C=CC1=O)c1c(I)ccc(I)c1I.O=C(ON1C(=O)CCC1=O)c1c(I)c(I)c(I)c(I)c1I.O=C(ON1C(=O)CCC1=O)c1c(I)c(I)cc(I)c1I.O=C(ON1C(=O)CCC1=O)c1c(I)ccc(I)c1I.O=C(ON1C(=O)CCC1=O)c1c(I)ccc(I)c1O.O=C(ON1C(=O)CCC1=O)c1ccc(I)cc1.O=C(ON1C(=O)CCC1=O)c1cccc(I)c1.O=C(ON1C(=O)CCC1=O)c1ccccc1I. The van der Waals surface area contributed by atoms with E-state index in [-0.39, 0.29) is 101 Å². The number of hydroxylamine groups is 16. The first-order chi connectivity index (χ1) is 70.1. The Morgan fingerprint density at radius 1 is 0.201 bits per heavy atom. The molecule has 61 heteroatoms. The number of aromatic hydroxyl groups is 1. The van der Waals surface area contributed by atoms with Crippen LogP contribution in [0.4, 0.5) is 0 Å². The highest BCUT2D eigenvalue weighted by Crippen LogP contribution is 2.38. The predicted molar refractivity (Wildman–Crippen MR) is 679 cm³/mol. The third-order valence-corrected chi connectivity index (χ3v) is 46.5. The van der Waals surface area contributed by atoms with E-state index in [4.69, 9.17) is 38.7 Å². The van der Waals surface area contributed by atoms with Crippen LogP contribution in [0.3, 0.4) is 0 Å². The lowest BCUT2D eigenvalue weighted by molar-refractivity contribution is -0.173. The van der Waals surface area contributed by atoms with Crippen molar-refractivity contribution in [3.05, 3.63) is 243 Å². The van der Waals surface area contributed by atoms with Gasteiger partial charge in [0, 0.05) is 170 Å². The molecule has 0 spiro atoms. The molecule has 149 heavy (non-hydrogen) atoms. The molecule has 41 nitrogen and oxygen atoms in total. The van der Waals surface area contributed by atoms with Gasteiger partial charge in [-0.3, -0.25) is 76.7 Å². The number of imide groups is 8. The Kier molecular flexibility index (Phi) is 52.3. The number of phenolic OH excluding ortho intramolecular Hbond substituents is 1. The summed E-state index contributed by atoms with van der Waals surface area (Å²) >= 11 is 41.2. The maximum atomic E-state index is 12.4. The molecule has 7 saturated heterocycles. The fourth-order valence-electron chi connectivity index (χ4n) is 11.7. The predicted octanol–water partition coefficient (Wildman–Crippen LogP) is 18.8. The molecule has 1 N–H and O–H groups in total. The molecule has 8 aliphatic rings. The van der Waals surface area contributed by atoms with Crippen LogP contribution in [0, 0.1) is 71.4 Å². The molecule has 0 radical (unpaired) electrons. The summed E-state index contributed by atoms with van der Waals surface area (Å²) in [5.41, 5.74) is 2.39. The Balaban J connectivity index is 0.000000189. The summed E-state index contributed by atoms with van der Waals surface area (Å²) in [6.45, 7) is 0. The highest BCUT2D eigenvalue weighted by Gasteiger charge is 2.42. The van der Waals surface area contributed by atoms with Crippen molar-refractivity contribution >= 4 is 594 Å². The molecule has 0 bridgehead atoms. The number of benzene rings is 8. The molecule has 8 heterocycles. The number of rotatable bonds is 16. The van der Waals surface area contributed by atoms with Gasteiger partial charge in [0.05, 0.1) is 42.5 Å². The number of amides is 16. The number of carbonyl (C=O) groups excluding carboxylic acids is 24. The van der Waals surface area contributed by atoms with Crippen LogP contribution >= 0.6 is 452 Å². The zero-order chi connectivity index (χ0) is 111. The molecule has 0 aliphatic carbocycles. The van der Waals surface area contributed by atoms with E-state index in [2.05, 4.69) is 294 Å². The van der Waals surface area contributed by atoms with Crippen LogP contribution in [-0.4, -0.2) is 188 Å². The lowest BCUT2D eigenvalue weighted by atomic mass is 10.2. The van der Waals surface area contributed by atoms with E-state index in [0.717, 1.165) is 65.7 Å². The molecular weight excluding hydrogens is 4240 g/mol. The number of carbonyl (C=O) groups is 24. The zero-order valence-electron chi connectivity index (χ0n) is 73.2. The van der Waals surface area contributed by atoms with Crippen molar-refractivity contribution in [3.63, 3.8) is 0 Å². The average Bonchev–Trinajstić information content (AvgIpc) is 1.76. The van der Waals surface area contributed by atoms with Gasteiger partial charge in [-0.05, 0) is 549 Å². The minimum absolute atomic E-state index is 0.0293. The first-order valence-electron chi connectivity index (χ1n) is 40.5. The molecule has 7 fully saturated rings. The number of hydrogen-bond acceptors (Lipinski definition) is 33. The minimum Gasteiger partial charge on any atom is -0.506 e. The topological polar surface area (TPSA) is 530 Å². The van der Waals surface area contributed by atoms with E-state index < -0.39 is 142 Å². The van der Waals surface area contributed by atoms with E-state index in [9.17, 15) is 120 Å². The number of nitrogens with zero attached hydrogens (tertiary/aromatic N) is 8. The van der Waals surface area contributed by atoms with E-state index in [1.807, 2.05) is 182 Å². The summed E-state index contributed by atoms with van der Waals surface area (Å²) in [5, 5.41) is 14.1. The van der Waals surface area contributed by atoms with Gasteiger partial charge >= 0.3 is 47.8 Å². The van der Waals surface area contributed by atoms with Crippen LogP contribution in [0.5, 0.6) is 5.75 Å². The monoisotopic (exact) mass is 4280 g/mol. The van der Waals surface area contributed by atoms with E-state index >= 15 is 0 Å². The van der Waals surface area contributed by atoms with Crippen LogP contribution in [0.25, 0.3) is 0 Å². The minimum atomic E-state index is -0.927.